The molecule has 1 heterocycles. The molecule has 1 unspecified atom stereocenters. The maximum atomic E-state index is 4.39. The second kappa shape index (κ2) is 5.76. The van der Waals surface area contributed by atoms with Crippen LogP contribution < -0.4 is 5.32 Å². The van der Waals surface area contributed by atoms with Crippen molar-refractivity contribution in [3.05, 3.63) is 30.1 Å². The Morgan fingerprint density at radius 1 is 1.36 bits per heavy atom. The number of hydrogen-bond acceptors (Lipinski definition) is 2. The molecule has 0 aromatic carbocycles. The Morgan fingerprint density at radius 3 is 2.64 bits per heavy atom. The van der Waals surface area contributed by atoms with Gasteiger partial charge < -0.3 is 5.32 Å². The van der Waals surface area contributed by atoms with Crippen molar-refractivity contribution in [1.82, 2.24) is 10.3 Å². The molecule has 14 heavy (non-hydrogen) atoms. The summed E-state index contributed by atoms with van der Waals surface area (Å²) in [5.74, 6) is 0.580. The van der Waals surface area contributed by atoms with Crippen molar-refractivity contribution in [1.29, 1.82) is 0 Å². The smallest absolute Gasteiger partial charge is 0.0575 e. The summed E-state index contributed by atoms with van der Waals surface area (Å²) in [6.45, 7) is 7.69. The first kappa shape index (κ1) is 11.2. The van der Waals surface area contributed by atoms with Crippen molar-refractivity contribution in [3.63, 3.8) is 0 Å². The maximum absolute atomic E-state index is 4.39. The van der Waals surface area contributed by atoms with Crippen LogP contribution in [0.1, 0.15) is 38.9 Å². The predicted octanol–water partition coefficient (Wildman–Crippen LogP) is 2.78. The molecular formula is C12H20N2. The number of pyridine rings is 1. The molecule has 1 rings (SSSR count). The minimum absolute atomic E-state index is 0.385. The zero-order valence-electron chi connectivity index (χ0n) is 9.33. The third-order valence-corrected chi connectivity index (χ3v) is 2.29. The largest absolute Gasteiger partial charge is 0.308 e. The third-order valence-electron chi connectivity index (χ3n) is 2.29. The van der Waals surface area contributed by atoms with Gasteiger partial charge in [-0.3, -0.25) is 4.98 Å². The molecule has 0 amide bonds. The topological polar surface area (TPSA) is 24.9 Å². The molecule has 0 saturated heterocycles. The highest BCUT2D eigenvalue weighted by Crippen LogP contribution is 2.18. The van der Waals surface area contributed by atoms with Gasteiger partial charge in [0.15, 0.2) is 0 Å². The molecule has 1 aromatic rings. The molecule has 2 nitrogen and oxygen atoms in total. The molecule has 2 heteroatoms. The van der Waals surface area contributed by atoms with E-state index >= 15 is 0 Å². The number of rotatable bonds is 5. The average molecular weight is 192 g/mol. The van der Waals surface area contributed by atoms with E-state index in [4.69, 9.17) is 0 Å². The highest BCUT2D eigenvalue weighted by atomic mass is 14.9. The molecule has 0 fully saturated rings. The second-order valence-electron chi connectivity index (χ2n) is 3.93. The standard InChI is InChI=1S/C12H20N2/c1-4-8-14-12(10(2)3)11-7-5-6-9-13-11/h5-7,9-10,12,14H,4,8H2,1-3H3. The molecule has 0 spiro atoms. The van der Waals surface area contributed by atoms with Crippen LogP contribution in [0.25, 0.3) is 0 Å². The molecular weight excluding hydrogens is 172 g/mol. The van der Waals surface area contributed by atoms with Crippen LogP contribution in [0.4, 0.5) is 0 Å². The SMILES string of the molecule is CCCNC(c1ccccn1)C(C)C. The van der Waals surface area contributed by atoms with Gasteiger partial charge in [-0.05, 0) is 31.0 Å². The molecule has 0 saturated carbocycles. The minimum atomic E-state index is 0.385. The first-order valence-corrected chi connectivity index (χ1v) is 5.40. The van der Waals surface area contributed by atoms with E-state index in [1.165, 1.54) is 0 Å². The van der Waals surface area contributed by atoms with Gasteiger partial charge in [0.05, 0.1) is 11.7 Å². The zero-order valence-corrected chi connectivity index (χ0v) is 9.33. The molecule has 0 bridgehead atoms. The second-order valence-corrected chi connectivity index (χ2v) is 3.93. The van der Waals surface area contributed by atoms with Crippen LogP contribution in [0.15, 0.2) is 24.4 Å². The van der Waals surface area contributed by atoms with E-state index in [2.05, 4.69) is 37.1 Å². The van der Waals surface area contributed by atoms with Gasteiger partial charge in [-0.15, -0.1) is 0 Å². The Balaban J connectivity index is 2.68. The van der Waals surface area contributed by atoms with Crippen LogP contribution in [0, 0.1) is 5.92 Å². The third kappa shape index (κ3) is 3.11. The van der Waals surface area contributed by atoms with Gasteiger partial charge in [0, 0.05) is 6.20 Å². The van der Waals surface area contributed by atoms with E-state index in [1.54, 1.807) is 0 Å². The minimum Gasteiger partial charge on any atom is -0.308 e. The first-order chi connectivity index (χ1) is 6.75. The predicted molar refractivity (Wildman–Crippen MR) is 60.1 cm³/mol. The van der Waals surface area contributed by atoms with Crippen LogP contribution in [0.5, 0.6) is 0 Å². The lowest BCUT2D eigenvalue weighted by molar-refractivity contribution is 0.404. The number of aromatic nitrogens is 1. The first-order valence-electron chi connectivity index (χ1n) is 5.40. The number of nitrogens with one attached hydrogen (secondary N) is 1. The van der Waals surface area contributed by atoms with E-state index in [-0.39, 0.29) is 0 Å². The highest BCUT2D eigenvalue weighted by molar-refractivity contribution is 5.09. The summed E-state index contributed by atoms with van der Waals surface area (Å²) in [6.07, 6.45) is 3.02. The molecule has 1 N–H and O–H groups in total. The average Bonchev–Trinajstić information content (AvgIpc) is 2.19. The monoisotopic (exact) mass is 192 g/mol. The molecule has 0 aliphatic heterocycles. The van der Waals surface area contributed by atoms with Crippen LogP contribution >= 0.6 is 0 Å². The molecule has 1 aromatic heterocycles. The lowest BCUT2D eigenvalue weighted by Crippen LogP contribution is -2.27. The Labute approximate surface area is 86.8 Å². The van der Waals surface area contributed by atoms with Gasteiger partial charge in [0.25, 0.3) is 0 Å². The van der Waals surface area contributed by atoms with E-state index < -0.39 is 0 Å². The molecule has 0 aliphatic rings. The Morgan fingerprint density at radius 2 is 2.14 bits per heavy atom. The Bertz CT molecular complexity index is 244. The van der Waals surface area contributed by atoms with Crippen LogP contribution in [0.2, 0.25) is 0 Å². The van der Waals surface area contributed by atoms with Crippen LogP contribution in [0.3, 0.4) is 0 Å². The highest BCUT2D eigenvalue weighted by Gasteiger charge is 2.14. The van der Waals surface area contributed by atoms with E-state index in [9.17, 15) is 0 Å². The van der Waals surface area contributed by atoms with Crippen molar-refractivity contribution in [3.8, 4) is 0 Å². The fourth-order valence-electron chi connectivity index (χ4n) is 1.54. The van der Waals surface area contributed by atoms with Gasteiger partial charge in [0.1, 0.15) is 0 Å². The molecule has 78 valence electrons. The quantitative estimate of drug-likeness (QED) is 0.776. The van der Waals surface area contributed by atoms with Gasteiger partial charge in [-0.1, -0.05) is 26.8 Å². The van der Waals surface area contributed by atoms with Gasteiger partial charge in [-0.25, -0.2) is 0 Å². The van der Waals surface area contributed by atoms with E-state index in [0.29, 0.717) is 12.0 Å². The lowest BCUT2D eigenvalue weighted by Gasteiger charge is -2.21. The summed E-state index contributed by atoms with van der Waals surface area (Å²) in [6, 6.07) is 6.48. The van der Waals surface area contributed by atoms with Crippen LogP contribution in [-0.2, 0) is 0 Å². The summed E-state index contributed by atoms with van der Waals surface area (Å²) >= 11 is 0. The van der Waals surface area contributed by atoms with E-state index in [0.717, 1.165) is 18.7 Å². The van der Waals surface area contributed by atoms with Crippen molar-refractivity contribution in [2.45, 2.75) is 33.2 Å². The van der Waals surface area contributed by atoms with Crippen molar-refractivity contribution in [2.24, 2.45) is 5.92 Å². The Kier molecular flexibility index (Phi) is 4.60. The fourth-order valence-corrected chi connectivity index (χ4v) is 1.54. The van der Waals surface area contributed by atoms with Gasteiger partial charge in [0.2, 0.25) is 0 Å². The molecule has 0 radical (unpaired) electrons. The number of hydrogen-bond donors (Lipinski definition) is 1. The lowest BCUT2D eigenvalue weighted by atomic mass is 10.0. The summed E-state index contributed by atoms with van der Waals surface area (Å²) in [4.78, 5) is 4.39. The zero-order chi connectivity index (χ0) is 10.4. The maximum Gasteiger partial charge on any atom is 0.0575 e. The summed E-state index contributed by atoms with van der Waals surface area (Å²) in [5.41, 5.74) is 1.15. The number of nitrogens with zero attached hydrogens (tertiary/aromatic N) is 1. The summed E-state index contributed by atoms with van der Waals surface area (Å²) in [5, 5.41) is 3.52. The normalized spacial score (nSPS) is 13.1. The molecule has 0 aliphatic carbocycles. The van der Waals surface area contributed by atoms with Crippen molar-refractivity contribution in [2.75, 3.05) is 6.54 Å². The van der Waals surface area contributed by atoms with Crippen molar-refractivity contribution >= 4 is 0 Å². The summed E-state index contributed by atoms with van der Waals surface area (Å²) in [7, 11) is 0. The van der Waals surface area contributed by atoms with Crippen molar-refractivity contribution < 1.29 is 0 Å². The summed E-state index contributed by atoms with van der Waals surface area (Å²) < 4.78 is 0. The van der Waals surface area contributed by atoms with Gasteiger partial charge in [-0.2, -0.15) is 0 Å². The van der Waals surface area contributed by atoms with E-state index in [1.807, 2.05) is 18.3 Å². The Hall–Kier alpha value is -0.890. The fraction of sp³-hybridized carbons (Fsp3) is 0.583. The van der Waals surface area contributed by atoms with Crippen LogP contribution in [-0.4, -0.2) is 11.5 Å². The molecule has 1 atom stereocenters. The van der Waals surface area contributed by atoms with Gasteiger partial charge >= 0.3 is 0 Å².